The van der Waals surface area contributed by atoms with Gasteiger partial charge in [0.05, 0.1) is 17.2 Å². The fraction of sp³-hybridized carbons (Fsp3) is 0.400. The van der Waals surface area contributed by atoms with E-state index in [0.29, 0.717) is 32.8 Å². The Morgan fingerprint density at radius 2 is 1.78 bits per heavy atom. The summed E-state index contributed by atoms with van der Waals surface area (Å²) in [5, 5.41) is 2.46. The van der Waals surface area contributed by atoms with E-state index in [1.165, 1.54) is 0 Å². The van der Waals surface area contributed by atoms with Crippen LogP contribution >= 0.6 is 50.7 Å². The Bertz CT molecular complexity index is 742. The van der Waals surface area contributed by atoms with Crippen molar-refractivity contribution in [2.24, 2.45) is 0 Å². The number of alkyl halides is 1. The van der Waals surface area contributed by atoms with Gasteiger partial charge in [-0.2, -0.15) is 0 Å². The van der Waals surface area contributed by atoms with Gasteiger partial charge in [0.25, 0.3) is 0 Å². The van der Waals surface area contributed by atoms with Crippen molar-refractivity contribution < 1.29 is 14.2 Å². The Kier molecular flexibility index (Phi) is 8.12. The fourth-order valence-electron chi connectivity index (χ4n) is 2.93. The molecule has 1 aliphatic rings. The van der Waals surface area contributed by atoms with Crippen LogP contribution in [0.5, 0.6) is 5.75 Å². The summed E-state index contributed by atoms with van der Waals surface area (Å²) < 4.78 is 18.1. The van der Waals surface area contributed by atoms with Gasteiger partial charge in [0.2, 0.25) is 0 Å². The Labute approximate surface area is 183 Å². The second-order valence-corrected chi connectivity index (χ2v) is 8.26. The predicted molar refractivity (Wildman–Crippen MR) is 114 cm³/mol. The third-order valence-corrected chi connectivity index (χ3v) is 5.70. The Morgan fingerprint density at radius 3 is 2.48 bits per heavy atom. The van der Waals surface area contributed by atoms with Crippen molar-refractivity contribution >= 4 is 50.7 Å². The quantitative estimate of drug-likeness (QED) is 0.385. The van der Waals surface area contributed by atoms with Gasteiger partial charge in [-0.25, -0.2) is 0 Å². The van der Waals surface area contributed by atoms with Crippen LogP contribution in [0, 0.1) is 0 Å². The lowest BCUT2D eigenvalue weighted by Crippen LogP contribution is -2.34. The van der Waals surface area contributed by atoms with Gasteiger partial charge in [0, 0.05) is 15.4 Å². The third kappa shape index (κ3) is 6.25. The average Bonchev–Trinajstić information content (AvgIpc) is 2.66. The van der Waals surface area contributed by atoms with Crippen LogP contribution in [0.1, 0.15) is 30.9 Å². The van der Waals surface area contributed by atoms with Crippen molar-refractivity contribution in [2.45, 2.75) is 37.8 Å². The lowest BCUT2D eigenvalue weighted by Gasteiger charge is -2.32. The van der Waals surface area contributed by atoms with Crippen LogP contribution in [-0.4, -0.2) is 24.3 Å². The molecule has 0 N–H and O–H groups in total. The highest BCUT2D eigenvalue weighted by molar-refractivity contribution is 9.09. The van der Waals surface area contributed by atoms with Gasteiger partial charge in [0.1, 0.15) is 12.4 Å². The summed E-state index contributed by atoms with van der Waals surface area (Å²) in [5.41, 5.74) is 1.06. The highest BCUT2D eigenvalue weighted by Gasteiger charge is 2.26. The van der Waals surface area contributed by atoms with Gasteiger partial charge >= 0.3 is 0 Å². The first-order valence-corrected chi connectivity index (χ1v) is 11.0. The molecular weight excluding hydrogens is 474 g/mol. The van der Waals surface area contributed by atoms with E-state index >= 15 is 0 Å². The first-order valence-electron chi connectivity index (χ1n) is 8.75. The van der Waals surface area contributed by atoms with Crippen LogP contribution in [-0.2, 0) is 9.47 Å². The molecule has 1 fully saturated rings. The molecule has 2 aromatic rings. The Hall–Kier alpha value is -0.490. The van der Waals surface area contributed by atoms with Crippen molar-refractivity contribution in [1.82, 2.24) is 0 Å². The van der Waals surface area contributed by atoms with E-state index in [-0.39, 0.29) is 18.5 Å². The van der Waals surface area contributed by atoms with Crippen LogP contribution in [0.4, 0.5) is 0 Å². The molecule has 0 bridgehead atoms. The molecule has 0 saturated carbocycles. The lowest BCUT2D eigenvalue weighted by molar-refractivity contribution is -0.217. The molecule has 0 aliphatic carbocycles. The first kappa shape index (κ1) is 21.2. The van der Waals surface area contributed by atoms with Gasteiger partial charge in [-0.15, -0.1) is 0 Å². The van der Waals surface area contributed by atoms with E-state index in [9.17, 15) is 0 Å². The second kappa shape index (κ2) is 10.3. The summed E-state index contributed by atoms with van der Waals surface area (Å²) >= 11 is 21.6. The number of ether oxygens (including phenoxy) is 3. The molecule has 3 rings (SSSR count). The van der Waals surface area contributed by atoms with E-state index in [1.54, 1.807) is 18.2 Å². The zero-order valence-corrected chi connectivity index (χ0v) is 18.4. The van der Waals surface area contributed by atoms with Crippen molar-refractivity contribution in [3.63, 3.8) is 0 Å². The molecule has 0 aromatic heterocycles. The molecule has 1 saturated heterocycles. The molecule has 7 heteroatoms. The number of rotatable bonds is 7. The SMILES string of the molecule is Clc1ccc(C(CBr)OC2CCCC(COc3ccc(Cl)cc3Cl)O2)cc1. The number of hydrogen-bond acceptors (Lipinski definition) is 3. The molecule has 3 unspecified atom stereocenters. The zero-order valence-electron chi connectivity index (χ0n) is 14.5. The maximum Gasteiger partial charge on any atom is 0.159 e. The van der Waals surface area contributed by atoms with Crippen LogP contribution in [0.25, 0.3) is 0 Å². The number of benzene rings is 2. The number of hydrogen-bond donors (Lipinski definition) is 0. The van der Waals surface area contributed by atoms with Gasteiger partial charge in [-0.1, -0.05) is 62.9 Å². The van der Waals surface area contributed by atoms with Crippen LogP contribution in [0.15, 0.2) is 42.5 Å². The summed E-state index contributed by atoms with van der Waals surface area (Å²) in [6, 6.07) is 12.9. The summed E-state index contributed by atoms with van der Waals surface area (Å²) in [4.78, 5) is 0. The summed E-state index contributed by atoms with van der Waals surface area (Å²) in [6.07, 6.45) is 2.38. The van der Waals surface area contributed by atoms with E-state index < -0.39 is 0 Å². The van der Waals surface area contributed by atoms with Crippen molar-refractivity contribution in [3.8, 4) is 5.75 Å². The molecule has 2 aromatic carbocycles. The van der Waals surface area contributed by atoms with E-state index in [2.05, 4.69) is 15.9 Å². The molecule has 27 heavy (non-hydrogen) atoms. The molecule has 1 heterocycles. The van der Waals surface area contributed by atoms with E-state index in [1.807, 2.05) is 24.3 Å². The molecule has 0 spiro atoms. The van der Waals surface area contributed by atoms with Crippen LogP contribution in [0.3, 0.4) is 0 Å². The normalized spacial score (nSPS) is 21.0. The van der Waals surface area contributed by atoms with Gasteiger partial charge in [-0.3, -0.25) is 0 Å². The summed E-state index contributed by atoms with van der Waals surface area (Å²) in [7, 11) is 0. The largest absolute Gasteiger partial charge is 0.489 e. The standard InChI is InChI=1S/C20H20BrCl3O3/c21-11-19(13-4-6-14(22)7-5-13)27-20-3-1-2-16(26-20)12-25-18-9-8-15(23)10-17(18)24/h4-10,16,19-20H,1-3,11-12H2. The van der Waals surface area contributed by atoms with Gasteiger partial charge < -0.3 is 14.2 Å². The molecule has 0 amide bonds. The maximum absolute atomic E-state index is 6.18. The highest BCUT2D eigenvalue weighted by Crippen LogP contribution is 2.30. The van der Waals surface area contributed by atoms with Crippen molar-refractivity contribution in [1.29, 1.82) is 0 Å². The molecule has 146 valence electrons. The van der Waals surface area contributed by atoms with Crippen LogP contribution < -0.4 is 4.74 Å². The fourth-order valence-corrected chi connectivity index (χ4v) is 4.04. The summed E-state index contributed by atoms with van der Waals surface area (Å²) in [5.74, 6) is 0.604. The zero-order chi connectivity index (χ0) is 19.2. The minimum Gasteiger partial charge on any atom is -0.489 e. The summed E-state index contributed by atoms with van der Waals surface area (Å²) in [6.45, 7) is 0.418. The van der Waals surface area contributed by atoms with E-state index in [0.717, 1.165) is 24.8 Å². The highest BCUT2D eigenvalue weighted by atomic mass is 79.9. The Balaban J connectivity index is 1.54. The Morgan fingerprint density at radius 1 is 1.04 bits per heavy atom. The molecule has 3 nitrogen and oxygen atoms in total. The minimum absolute atomic E-state index is 0.0447. The topological polar surface area (TPSA) is 27.7 Å². The smallest absolute Gasteiger partial charge is 0.159 e. The van der Waals surface area contributed by atoms with Gasteiger partial charge in [0.15, 0.2) is 6.29 Å². The molecular formula is C20H20BrCl3O3. The van der Waals surface area contributed by atoms with Crippen LogP contribution in [0.2, 0.25) is 15.1 Å². The third-order valence-electron chi connectivity index (χ3n) is 4.33. The first-order chi connectivity index (χ1) is 13.0. The molecule has 1 aliphatic heterocycles. The predicted octanol–water partition coefficient (Wildman–Crippen LogP) is 7.07. The minimum atomic E-state index is -0.272. The number of halogens is 4. The van der Waals surface area contributed by atoms with Crippen molar-refractivity contribution in [3.05, 3.63) is 63.1 Å². The van der Waals surface area contributed by atoms with E-state index in [4.69, 9.17) is 49.0 Å². The lowest BCUT2D eigenvalue weighted by atomic mass is 10.1. The maximum atomic E-state index is 6.18. The molecule has 3 atom stereocenters. The second-order valence-electron chi connectivity index (χ2n) is 6.33. The average molecular weight is 495 g/mol. The van der Waals surface area contributed by atoms with Gasteiger partial charge in [-0.05, 0) is 55.2 Å². The van der Waals surface area contributed by atoms with Crippen molar-refractivity contribution in [2.75, 3.05) is 11.9 Å². The molecule has 0 radical (unpaired) electrons. The monoisotopic (exact) mass is 492 g/mol.